The Hall–Kier alpha value is -0.580. The minimum Gasteiger partial charge on any atom is -0.375 e. The third kappa shape index (κ3) is 3.35. The SMILES string of the molecule is NC(Cc1cccnc1)C1CCOC2(CCSCC2)C1. The minimum atomic E-state index is 0.140. The molecule has 3 rings (SSSR count). The van der Waals surface area contributed by atoms with Crippen LogP contribution in [0.25, 0.3) is 0 Å². The summed E-state index contributed by atoms with van der Waals surface area (Å²) >= 11 is 2.06. The Morgan fingerprint density at radius 1 is 1.45 bits per heavy atom. The van der Waals surface area contributed by atoms with Crippen molar-refractivity contribution in [3.63, 3.8) is 0 Å². The van der Waals surface area contributed by atoms with E-state index in [1.54, 1.807) is 0 Å². The number of ether oxygens (including phenoxy) is 1. The van der Waals surface area contributed by atoms with E-state index in [9.17, 15) is 0 Å². The number of hydrogen-bond acceptors (Lipinski definition) is 4. The first kappa shape index (κ1) is 14.4. The maximum absolute atomic E-state index is 6.48. The molecule has 2 saturated heterocycles. The Labute approximate surface area is 125 Å². The molecule has 1 aromatic heterocycles. The molecule has 4 heteroatoms. The molecule has 110 valence electrons. The van der Waals surface area contributed by atoms with Crippen molar-refractivity contribution in [1.82, 2.24) is 4.98 Å². The molecule has 2 unspecified atom stereocenters. The topological polar surface area (TPSA) is 48.1 Å². The molecule has 2 aliphatic rings. The Balaban J connectivity index is 1.61. The summed E-state index contributed by atoms with van der Waals surface area (Å²) in [5.41, 5.74) is 7.87. The third-order valence-corrected chi connectivity index (χ3v) is 5.72. The van der Waals surface area contributed by atoms with Gasteiger partial charge in [-0.05, 0) is 61.2 Å². The van der Waals surface area contributed by atoms with E-state index < -0.39 is 0 Å². The summed E-state index contributed by atoms with van der Waals surface area (Å²) in [5.74, 6) is 3.07. The van der Waals surface area contributed by atoms with E-state index >= 15 is 0 Å². The number of pyridine rings is 1. The van der Waals surface area contributed by atoms with Gasteiger partial charge in [-0.15, -0.1) is 0 Å². The van der Waals surface area contributed by atoms with Crippen molar-refractivity contribution < 1.29 is 4.74 Å². The van der Waals surface area contributed by atoms with Crippen LogP contribution in [0, 0.1) is 5.92 Å². The summed E-state index contributed by atoms with van der Waals surface area (Å²) in [6.07, 6.45) is 9.35. The standard InChI is InChI=1S/C16H24N2OS/c17-15(10-13-2-1-6-18-12-13)14-3-7-19-16(11-14)4-8-20-9-5-16/h1-2,6,12,14-15H,3-5,7-11,17H2. The summed E-state index contributed by atoms with van der Waals surface area (Å²) in [6.45, 7) is 0.885. The van der Waals surface area contributed by atoms with Crippen LogP contribution in [0.2, 0.25) is 0 Å². The van der Waals surface area contributed by atoms with Crippen molar-refractivity contribution in [1.29, 1.82) is 0 Å². The molecule has 0 aromatic carbocycles. The number of thioether (sulfide) groups is 1. The van der Waals surface area contributed by atoms with Crippen molar-refractivity contribution >= 4 is 11.8 Å². The van der Waals surface area contributed by atoms with Gasteiger partial charge in [-0.2, -0.15) is 11.8 Å². The normalized spacial score (nSPS) is 27.4. The van der Waals surface area contributed by atoms with E-state index in [0.717, 1.165) is 25.9 Å². The van der Waals surface area contributed by atoms with Crippen molar-refractivity contribution in [3.8, 4) is 0 Å². The van der Waals surface area contributed by atoms with Crippen molar-refractivity contribution in [2.24, 2.45) is 11.7 Å². The van der Waals surface area contributed by atoms with Crippen LogP contribution in [-0.2, 0) is 11.2 Å². The van der Waals surface area contributed by atoms with Crippen molar-refractivity contribution in [2.75, 3.05) is 18.1 Å². The van der Waals surface area contributed by atoms with Gasteiger partial charge in [0.1, 0.15) is 0 Å². The van der Waals surface area contributed by atoms with E-state index in [4.69, 9.17) is 10.5 Å². The summed E-state index contributed by atoms with van der Waals surface area (Å²) in [5, 5.41) is 0. The van der Waals surface area contributed by atoms with Gasteiger partial charge in [0.05, 0.1) is 5.60 Å². The molecule has 2 fully saturated rings. The Bertz CT molecular complexity index is 414. The summed E-state index contributed by atoms with van der Waals surface area (Å²) in [4.78, 5) is 4.18. The highest BCUT2D eigenvalue weighted by Crippen LogP contribution is 2.40. The molecule has 0 amide bonds. The highest BCUT2D eigenvalue weighted by atomic mass is 32.2. The quantitative estimate of drug-likeness (QED) is 0.930. The maximum atomic E-state index is 6.48. The molecule has 3 nitrogen and oxygen atoms in total. The Morgan fingerprint density at radius 2 is 2.30 bits per heavy atom. The zero-order chi connectivity index (χ0) is 13.8. The second-order valence-electron chi connectivity index (χ2n) is 6.13. The second kappa shape index (κ2) is 6.46. The third-order valence-electron chi connectivity index (χ3n) is 4.73. The molecule has 2 N–H and O–H groups in total. The predicted molar refractivity (Wildman–Crippen MR) is 83.9 cm³/mol. The van der Waals surface area contributed by atoms with Crippen molar-refractivity contribution in [3.05, 3.63) is 30.1 Å². The molecule has 2 aliphatic heterocycles. The molecular formula is C16H24N2OS. The zero-order valence-corrected chi connectivity index (χ0v) is 12.8. The molecule has 3 heterocycles. The second-order valence-corrected chi connectivity index (χ2v) is 7.35. The van der Waals surface area contributed by atoms with Gasteiger partial charge >= 0.3 is 0 Å². The molecule has 1 aromatic rings. The summed E-state index contributed by atoms with van der Waals surface area (Å²) < 4.78 is 6.16. The van der Waals surface area contributed by atoms with Crippen LogP contribution in [0.3, 0.4) is 0 Å². The van der Waals surface area contributed by atoms with Crippen LogP contribution >= 0.6 is 11.8 Å². The lowest BCUT2D eigenvalue weighted by Gasteiger charge is -2.44. The van der Waals surface area contributed by atoms with Crippen LogP contribution in [0.15, 0.2) is 24.5 Å². The largest absolute Gasteiger partial charge is 0.375 e. The van der Waals surface area contributed by atoms with Gasteiger partial charge in [-0.25, -0.2) is 0 Å². The number of aromatic nitrogens is 1. The number of hydrogen-bond donors (Lipinski definition) is 1. The van der Waals surface area contributed by atoms with Crippen LogP contribution < -0.4 is 5.73 Å². The monoisotopic (exact) mass is 292 g/mol. The molecule has 0 radical (unpaired) electrons. The van der Waals surface area contributed by atoms with E-state index in [1.807, 2.05) is 18.5 Å². The first-order chi connectivity index (χ1) is 9.77. The average Bonchev–Trinajstić information content (AvgIpc) is 2.49. The predicted octanol–water partition coefficient (Wildman–Crippen LogP) is 2.64. The average molecular weight is 292 g/mol. The fraction of sp³-hybridized carbons (Fsp3) is 0.688. The molecule has 0 aliphatic carbocycles. The van der Waals surface area contributed by atoms with Gasteiger partial charge < -0.3 is 10.5 Å². The lowest BCUT2D eigenvalue weighted by atomic mass is 9.77. The van der Waals surface area contributed by atoms with E-state index in [1.165, 1.54) is 29.9 Å². The molecule has 20 heavy (non-hydrogen) atoms. The molecular weight excluding hydrogens is 268 g/mol. The summed E-state index contributed by atoms with van der Waals surface area (Å²) in [6, 6.07) is 4.35. The number of nitrogens with zero attached hydrogens (tertiary/aromatic N) is 1. The summed E-state index contributed by atoms with van der Waals surface area (Å²) in [7, 11) is 0. The zero-order valence-electron chi connectivity index (χ0n) is 12.0. The van der Waals surface area contributed by atoms with Crippen LogP contribution in [0.5, 0.6) is 0 Å². The fourth-order valence-corrected chi connectivity index (χ4v) is 4.72. The Morgan fingerprint density at radius 3 is 3.05 bits per heavy atom. The fourth-order valence-electron chi connectivity index (χ4n) is 3.48. The lowest BCUT2D eigenvalue weighted by Crippen LogP contribution is -2.47. The minimum absolute atomic E-state index is 0.140. The number of nitrogens with two attached hydrogens (primary N) is 1. The highest BCUT2D eigenvalue weighted by molar-refractivity contribution is 7.99. The molecule has 2 atom stereocenters. The molecule has 0 saturated carbocycles. The maximum Gasteiger partial charge on any atom is 0.0701 e. The van der Waals surface area contributed by atoms with E-state index in [2.05, 4.69) is 22.8 Å². The van der Waals surface area contributed by atoms with E-state index in [-0.39, 0.29) is 11.6 Å². The van der Waals surface area contributed by atoms with Gasteiger partial charge in [0.2, 0.25) is 0 Å². The van der Waals surface area contributed by atoms with Crippen molar-refractivity contribution in [2.45, 2.75) is 43.7 Å². The first-order valence-electron chi connectivity index (χ1n) is 7.64. The van der Waals surface area contributed by atoms with Crippen LogP contribution in [0.4, 0.5) is 0 Å². The van der Waals surface area contributed by atoms with Gasteiger partial charge in [0, 0.05) is 25.0 Å². The van der Waals surface area contributed by atoms with Gasteiger partial charge in [-0.3, -0.25) is 4.98 Å². The van der Waals surface area contributed by atoms with Crippen LogP contribution in [-0.4, -0.2) is 34.7 Å². The highest BCUT2D eigenvalue weighted by Gasteiger charge is 2.40. The smallest absolute Gasteiger partial charge is 0.0701 e. The van der Waals surface area contributed by atoms with Gasteiger partial charge in [0.25, 0.3) is 0 Å². The molecule has 0 bridgehead atoms. The lowest BCUT2D eigenvalue weighted by molar-refractivity contribution is -0.105. The van der Waals surface area contributed by atoms with Gasteiger partial charge in [-0.1, -0.05) is 6.07 Å². The number of rotatable bonds is 3. The first-order valence-corrected chi connectivity index (χ1v) is 8.79. The van der Waals surface area contributed by atoms with Crippen LogP contribution in [0.1, 0.15) is 31.2 Å². The van der Waals surface area contributed by atoms with Gasteiger partial charge in [0.15, 0.2) is 0 Å². The van der Waals surface area contributed by atoms with E-state index in [0.29, 0.717) is 5.92 Å². The molecule has 1 spiro atoms. The Kier molecular flexibility index (Phi) is 4.64.